The van der Waals surface area contributed by atoms with E-state index < -0.39 is 0 Å². The van der Waals surface area contributed by atoms with E-state index in [9.17, 15) is 0 Å². The molecule has 1 heterocycles. The van der Waals surface area contributed by atoms with Gasteiger partial charge in [0.1, 0.15) is 6.61 Å². The molecular weight excluding hydrogens is 366 g/mol. The molecule has 0 aromatic carbocycles. The molecule has 1 aromatic heterocycles. The first-order chi connectivity index (χ1) is 14.6. The van der Waals surface area contributed by atoms with Crippen molar-refractivity contribution in [1.29, 1.82) is 0 Å². The Labute approximate surface area is 186 Å². The normalized spacial score (nSPS) is 10.6. The van der Waals surface area contributed by atoms with Crippen LogP contribution in [-0.4, -0.2) is 4.98 Å². The van der Waals surface area contributed by atoms with E-state index in [-0.39, 0.29) is 0 Å². The minimum absolute atomic E-state index is 0.402. The Bertz CT molecular complexity index is 798. The molecule has 0 atom stereocenters. The van der Waals surface area contributed by atoms with Gasteiger partial charge in [0.15, 0.2) is 0 Å². The third-order valence-corrected chi connectivity index (χ3v) is 3.39. The Morgan fingerprint density at radius 1 is 0.900 bits per heavy atom. The summed E-state index contributed by atoms with van der Waals surface area (Å²) in [6.45, 7) is 31.4. The average molecular weight is 410 g/mol. The Kier molecular flexibility index (Phi) is 23.8. The van der Waals surface area contributed by atoms with Crippen molar-refractivity contribution in [3.63, 3.8) is 0 Å². The topological polar surface area (TPSA) is 22.1 Å². The first-order valence-electron chi connectivity index (χ1n) is 10.8. The highest BCUT2D eigenvalue weighted by molar-refractivity contribution is 5.45. The first-order valence-corrected chi connectivity index (χ1v) is 10.8. The van der Waals surface area contributed by atoms with Gasteiger partial charge in [0, 0.05) is 0 Å². The summed E-state index contributed by atoms with van der Waals surface area (Å²) in [6.07, 6.45) is 12.8. The van der Waals surface area contributed by atoms with Crippen LogP contribution in [0.25, 0.3) is 12.2 Å². The van der Waals surface area contributed by atoms with Crippen molar-refractivity contribution in [3.05, 3.63) is 102 Å². The van der Waals surface area contributed by atoms with Gasteiger partial charge in [-0.05, 0) is 42.4 Å². The van der Waals surface area contributed by atoms with Crippen LogP contribution in [0.15, 0.2) is 85.7 Å². The molecule has 0 aliphatic heterocycles. The average Bonchev–Trinajstić information content (AvgIpc) is 2.82. The summed E-state index contributed by atoms with van der Waals surface area (Å²) in [5.74, 6) is 0.775. The summed E-state index contributed by atoms with van der Waals surface area (Å²) in [4.78, 5) is 4.60. The second-order valence-electron chi connectivity index (χ2n) is 5.03. The largest absolute Gasteiger partial charge is 0.492 e. The molecule has 0 spiro atoms. The molecule has 0 N–H and O–H groups in total. The molecule has 0 fully saturated rings. The smallest absolute Gasteiger partial charge is 0.130 e. The van der Waals surface area contributed by atoms with Gasteiger partial charge in [-0.2, -0.15) is 0 Å². The monoisotopic (exact) mass is 409 g/mol. The molecule has 1 aromatic rings. The van der Waals surface area contributed by atoms with E-state index in [4.69, 9.17) is 4.74 Å². The van der Waals surface area contributed by atoms with Gasteiger partial charge in [-0.25, -0.2) is 4.98 Å². The van der Waals surface area contributed by atoms with E-state index in [1.807, 2.05) is 85.8 Å². The van der Waals surface area contributed by atoms with Crippen LogP contribution < -0.4 is 10.6 Å². The lowest BCUT2D eigenvalue weighted by atomic mass is 10.1. The summed E-state index contributed by atoms with van der Waals surface area (Å²) >= 11 is 0. The van der Waals surface area contributed by atoms with Crippen molar-refractivity contribution in [2.45, 2.75) is 62.0 Å². The molecule has 30 heavy (non-hydrogen) atoms. The highest BCUT2D eigenvalue weighted by Gasteiger charge is 1.99. The number of allylic oxidation sites excluding steroid dienone is 8. The van der Waals surface area contributed by atoms with Crippen LogP contribution >= 0.6 is 0 Å². The summed E-state index contributed by atoms with van der Waals surface area (Å²) < 4.78 is 5.80. The number of pyridine rings is 1. The highest BCUT2D eigenvalue weighted by Crippen LogP contribution is 2.13. The Morgan fingerprint density at radius 3 is 1.87 bits per heavy atom. The summed E-state index contributed by atoms with van der Waals surface area (Å²) in [5, 5.41) is 1.96. The maximum absolute atomic E-state index is 5.80. The molecule has 0 unspecified atom stereocenters. The molecule has 1 rings (SSSR count). The first kappa shape index (κ1) is 31.8. The minimum Gasteiger partial charge on any atom is -0.492 e. The van der Waals surface area contributed by atoms with E-state index in [1.54, 1.807) is 24.3 Å². The van der Waals surface area contributed by atoms with Gasteiger partial charge in [-0.15, -0.1) is 0 Å². The molecule has 0 bridgehead atoms. The Balaban J connectivity index is -0.00000111. The lowest BCUT2D eigenvalue weighted by Crippen LogP contribution is -2.28. The standard InChI is InChI=1S/C22H25NO.3C2H6/c1-7-12-20-13-14-21(23-22(20)11-5)16-24-17(6)15-19(10-4)18(8-2)9-3;3*1-2/h7-15H,1-4,16H2,5-6H3;3*1-2H3/b17-15+,20-12-,22-11+;;;. The van der Waals surface area contributed by atoms with Gasteiger partial charge in [0.25, 0.3) is 0 Å². The van der Waals surface area contributed by atoms with Gasteiger partial charge in [0.05, 0.1) is 16.8 Å². The van der Waals surface area contributed by atoms with Gasteiger partial charge in [-0.3, -0.25) is 0 Å². The van der Waals surface area contributed by atoms with E-state index >= 15 is 0 Å². The lowest BCUT2D eigenvalue weighted by Gasteiger charge is -2.08. The van der Waals surface area contributed by atoms with E-state index in [0.29, 0.717) is 6.61 Å². The van der Waals surface area contributed by atoms with Gasteiger partial charge in [0.2, 0.25) is 0 Å². The maximum atomic E-state index is 5.80. The fourth-order valence-corrected chi connectivity index (χ4v) is 2.13. The van der Waals surface area contributed by atoms with Crippen LogP contribution in [0.3, 0.4) is 0 Å². The van der Waals surface area contributed by atoms with E-state index in [0.717, 1.165) is 33.2 Å². The zero-order valence-electron chi connectivity index (χ0n) is 20.6. The van der Waals surface area contributed by atoms with Crippen LogP contribution in [0.1, 0.15) is 61.1 Å². The lowest BCUT2D eigenvalue weighted by molar-refractivity contribution is 0.197. The molecular formula is C28H43NO. The second kappa shape index (κ2) is 22.4. The second-order valence-corrected chi connectivity index (χ2v) is 5.03. The molecule has 0 saturated carbocycles. The number of ether oxygens (including phenoxy) is 1. The maximum Gasteiger partial charge on any atom is 0.130 e. The van der Waals surface area contributed by atoms with Crippen molar-refractivity contribution in [1.82, 2.24) is 4.98 Å². The molecule has 2 nitrogen and oxygen atoms in total. The van der Waals surface area contributed by atoms with Crippen molar-refractivity contribution < 1.29 is 4.74 Å². The van der Waals surface area contributed by atoms with Gasteiger partial charge < -0.3 is 4.74 Å². The van der Waals surface area contributed by atoms with E-state index in [2.05, 4.69) is 31.3 Å². The third kappa shape index (κ3) is 12.6. The fraction of sp³-hybridized carbons (Fsp3) is 0.321. The van der Waals surface area contributed by atoms with Crippen LogP contribution in [0, 0.1) is 0 Å². The predicted octanol–water partition coefficient (Wildman–Crippen LogP) is 7.20. The highest BCUT2D eigenvalue weighted by atomic mass is 16.5. The summed E-state index contributed by atoms with van der Waals surface area (Å²) in [7, 11) is 0. The zero-order chi connectivity index (χ0) is 23.9. The molecule has 0 saturated heterocycles. The number of hydrogen-bond donors (Lipinski definition) is 0. The molecule has 0 radical (unpaired) electrons. The van der Waals surface area contributed by atoms with Crippen molar-refractivity contribution >= 4 is 12.2 Å². The third-order valence-electron chi connectivity index (χ3n) is 3.39. The van der Waals surface area contributed by atoms with E-state index in [1.165, 1.54) is 0 Å². The van der Waals surface area contributed by atoms with Crippen LogP contribution in [0.2, 0.25) is 0 Å². The quantitative estimate of drug-likeness (QED) is 0.334. The SMILES string of the molecule is C=C/C=c1/ccc(CO/C(C)=C/C(C=C)=C(C=C)C=C)n/c1=C/C.CC.CC.CC. The molecule has 0 aliphatic rings. The van der Waals surface area contributed by atoms with Crippen molar-refractivity contribution in [2.75, 3.05) is 0 Å². The summed E-state index contributed by atoms with van der Waals surface area (Å²) in [5.41, 5.74) is 2.70. The Hall–Kier alpha value is -2.87. The Morgan fingerprint density at radius 2 is 1.43 bits per heavy atom. The summed E-state index contributed by atoms with van der Waals surface area (Å²) in [6, 6.07) is 3.98. The van der Waals surface area contributed by atoms with Gasteiger partial charge >= 0.3 is 0 Å². The van der Waals surface area contributed by atoms with Crippen LogP contribution in [0.5, 0.6) is 0 Å². The number of rotatable bonds is 8. The zero-order valence-corrected chi connectivity index (χ0v) is 20.6. The minimum atomic E-state index is 0.402. The number of nitrogens with zero attached hydrogens (tertiary/aromatic N) is 1. The fourth-order valence-electron chi connectivity index (χ4n) is 2.13. The molecule has 2 heteroatoms. The van der Waals surface area contributed by atoms with Crippen molar-refractivity contribution in [2.24, 2.45) is 0 Å². The van der Waals surface area contributed by atoms with Crippen LogP contribution in [0.4, 0.5) is 0 Å². The number of aromatic nitrogens is 1. The van der Waals surface area contributed by atoms with Gasteiger partial charge in [-0.1, -0.05) is 110 Å². The molecule has 0 aliphatic carbocycles. The number of hydrogen-bond acceptors (Lipinski definition) is 2. The molecule has 0 amide bonds. The molecule has 166 valence electrons. The van der Waals surface area contributed by atoms with Crippen molar-refractivity contribution in [3.8, 4) is 0 Å². The van der Waals surface area contributed by atoms with Crippen LogP contribution in [-0.2, 0) is 11.3 Å². The predicted molar refractivity (Wildman–Crippen MR) is 138 cm³/mol.